The van der Waals surface area contributed by atoms with Crippen LogP contribution in [0, 0.1) is 0 Å². The molecular formula is C5H6O2. The van der Waals surface area contributed by atoms with Crippen LogP contribution in [-0.4, -0.2) is 12.5 Å². The van der Waals surface area contributed by atoms with Gasteiger partial charge in [0.05, 0.1) is 2.74 Å². The smallest absolute Gasteiger partial charge is 0.142 e. The van der Waals surface area contributed by atoms with Gasteiger partial charge >= 0.3 is 0 Å². The molecule has 0 aromatic rings. The highest BCUT2D eigenvalue weighted by molar-refractivity contribution is 5.66. The lowest BCUT2D eigenvalue weighted by atomic mass is 10.4. The Morgan fingerprint density at radius 1 is 1.71 bits per heavy atom. The van der Waals surface area contributed by atoms with Gasteiger partial charge in [0.2, 0.25) is 0 Å². The van der Waals surface area contributed by atoms with Crippen LogP contribution in [0.15, 0.2) is 12.1 Å². The summed E-state index contributed by atoms with van der Waals surface area (Å²) in [6.45, 7) is 0. The SMILES string of the molecule is [2H]C(=O)C([2H])=C([2H])C([2H])([2H])C=O. The van der Waals surface area contributed by atoms with Gasteiger partial charge in [0, 0.05) is 9.11 Å². The van der Waals surface area contributed by atoms with E-state index in [1.54, 1.807) is 0 Å². The molecule has 2 heteroatoms. The number of hydrogen-bond donors (Lipinski definition) is 0. The van der Waals surface area contributed by atoms with E-state index in [0.717, 1.165) is 0 Å². The van der Waals surface area contributed by atoms with Crippen LogP contribution < -0.4 is 0 Å². The minimum Gasteiger partial charge on any atom is -0.303 e. The first-order chi connectivity index (χ1) is 5.33. The van der Waals surface area contributed by atoms with E-state index in [2.05, 4.69) is 0 Å². The topological polar surface area (TPSA) is 34.1 Å². The Morgan fingerprint density at radius 2 is 2.43 bits per heavy atom. The maximum absolute atomic E-state index is 10.2. The number of allylic oxidation sites excluding steroid dienone is 2. The fraction of sp³-hybridized carbons (Fsp3) is 0.200. The highest BCUT2D eigenvalue weighted by atomic mass is 16.1. The van der Waals surface area contributed by atoms with E-state index in [9.17, 15) is 9.59 Å². The van der Waals surface area contributed by atoms with Crippen molar-refractivity contribution in [3.63, 3.8) is 0 Å². The first kappa shape index (κ1) is 1.54. The minimum atomic E-state index is -2.66. The van der Waals surface area contributed by atoms with E-state index >= 15 is 0 Å². The van der Waals surface area contributed by atoms with E-state index in [1.165, 1.54) is 0 Å². The van der Waals surface area contributed by atoms with Crippen molar-refractivity contribution >= 4 is 12.5 Å². The van der Waals surface area contributed by atoms with Gasteiger partial charge in [-0.1, -0.05) is 6.05 Å². The molecule has 7 heavy (non-hydrogen) atoms. The van der Waals surface area contributed by atoms with E-state index < -0.39 is 24.7 Å². The summed E-state index contributed by atoms with van der Waals surface area (Å²) in [4.78, 5) is 20.2. The second-order valence-corrected chi connectivity index (χ2v) is 0.614. The zero-order chi connectivity index (χ0) is 9.94. The molecule has 0 aliphatic carbocycles. The van der Waals surface area contributed by atoms with Crippen LogP contribution in [0.2, 0.25) is 0 Å². The molecule has 0 aliphatic rings. The number of carbonyl (C=O) groups excluding carboxylic acids is 2. The molecule has 0 bridgehead atoms. The van der Waals surface area contributed by atoms with Crippen LogP contribution in [0.25, 0.3) is 0 Å². The highest BCUT2D eigenvalue weighted by Crippen LogP contribution is 1.70. The summed E-state index contributed by atoms with van der Waals surface area (Å²) in [5, 5.41) is 0. The van der Waals surface area contributed by atoms with Crippen LogP contribution in [0.4, 0.5) is 0 Å². The Kier molecular flexibility index (Phi) is 1.12. The van der Waals surface area contributed by atoms with Gasteiger partial charge < -0.3 is 4.79 Å². The summed E-state index contributed by atoms with van der Waals surface area (Å²) in [6.07, 6.45) is -4.33. The Hall–Kier alpha value is -0.920. The summed E-state index contributed by atoms with van der Waals surface area (Å²) in [7, 11) is 0. The first-order valence-electron chi connectivity index (χ1n) is 3.98. The molecule has 38 valence electrons. The molecule has 0 rings (SSSR count). The molecular weight excluding hydrogens is 92.1 g/mol. The third-order valence-corrected chi connectivity index (χ3v) is 0.245. The van der Waals surface area contributed by atoms with Crippen molar-refractivity contribution in [3.8, 4) is 0 Å². The summed E-state index contributed by atoms with van der Waals surface area (Å²) in [5.41, 5.74) is 0. The molecule has 0 atom stereocenters. The van der Waals surface area contributed by atoms with Crippen molar-refractivity contribution in [1.29, 1.82) is 0 Å². The van der Waals surface area contributed by atoms with E-state index in [0.29, 0.717) is 0 Å². The van der Waals surface area contributed by atoms with Crippen LogP contribution in [-0.2, 0) is 9.59 Å². The molecule has 0 amide bonds. The molecule has 0 spiro atoms. The van der Waals surface area contributed by atoms with E-state index in [4.69, 9.17) is 6.85 Å². The fourth-order valence-corrected chi connectivity index (χ4v) is 0.0911. The Morgan fingerprint density at radius 3 is 2.86 bits per heavy atom. The maximum atomic E-state index is 10.2. The van der Waals surface area contributed by atoms with Gasteiger partial charge in [-0.15, -0.1) is 0 Å². The van der Waals surface area contributed by atoms with Gasteiger partial charge in [-0.25, -0.2) is 0 Å². The van der Waals surface area contributed by atoms with Crippen molar-refractivity contribution in [2.45, 2.75) is 6.37 Å². The molecule has 0 saturated heterocycles. The lowest BCUT2D eigenvalue weighted by Gasteiger charge is -1.65. The predicted molar refractivity (Wildman–Crippen MR) is 25.9 cm³/mol. The zero-order valence-electron chi connectivity index (χ0n) is 8.39. The van der Waals surface area contributed by atoms with Crippen molar-refractivity contribution in [2.75, 3.05) is 0 Å². The quantitative estimate of drug-likeness (QED) is 0.381. The Labute approximate surface area is 48.9 Å². The molecule has 2 nitrogen and oxygen atoms in total. The molecule has 0 saturated carbocycles. The second-order valence-electron chi connectivity index (χ2n) is 0.614. The van der Waals surface area contributed by atoms with Crippen LogP contribution in [0.3, 0.4) is 0 Å². The van der Waals surface area contributed by atoms with Crippen molar-refractivity contribution in [1.82, 2.24) is 0 Å². The number of hydrogen-bond acceptors (Lipinski definition) is 2. The molecule has 0 heterocycles. The number of aldehydes is 2. The average Bonchev–Trinajstić information content (AvgIpc) is 2.01. The van der Waals surface area contributed by atoms with E-state index in [-0.39, 0.29) is 6.29 Å². The summed E-state index contributed by atoms with van der Waals surface area (Å²) >= 11 is 0. The minimum absolute atomic E-state index is 0.188. The third-order valence-electron chi connectivity index (χ3n) is 0.245. The van der Waals surface area contributed by atoms with Gasteiger partial charge in [0.1, 0.15) is 13.9 Å². The predicted octanol–water partition coefficient (Wildman–Crippen LogP) is 0.330. The molecule has 0 unspecified atom stereocenters. The first-order valence-corrected chi connectivity index (χ1v) is 1.48. The summed E-state index contributed by atoms with van der Waals surface area (Å²) in [5.74, 6) is 0. The zero-order valence-corrected chi connectivity index (χ0v) is 3.39. The van der Waals surface area contributed by atoms with Gasteiger partial charge in [0.15, 0.2) is 0 Å². The van der Waals surface area contributed by atoms with Gasteiger partial charge in [0.25, 0.3) is 0 Å². The van der Waals surface area contributed by atoms with Gasteiger partial charge in [-0.3, -0.25) is 4.79 Å². The lowest BCUT2D eigenvalue weighted by Crippen LogP contribution is -1.65. The fourth-order valence-electron chi connectivity index (χ4n) is 0.0911. The summed E-state index contributed by atoms with van der Waals surface area (Å²) in [6, 6.07) is -2.19. The molecule has 0 fully saturated rings. The molecule has 0 aliphatic heterocycles. The standard InChI is InChI=1S/C5H6O2/c6-4-2-1-3-5-7/h1-2,4-5H,3H2/i1D,2D,3D2,4D. The van der Waals surface area contributed by atoms with Gasteiger partial charge in [-0.05, 0) is 6.05 Å². The maximum Gasteiger partial charge on any atom is 0.142 e. The molecule has 0 N–H and O–H groups in total. The van der Waals surface area contributed by atoms with Gasteiger partial charge in [-0.2, -0.15) is 0 Å². The highest BCUT2D eigenvalue weighted by Gasteiger charge is 1.66. The average molecular weight is 103 g/mol. The number of carbonyl (C=O) groups is 2. The lowest BCUT2D eigenvalue weighted by molar-refractivity contribution is -0.107. The molecule has 0 aromatic heterocycles. The van der Waals surface area contributed by atoms with E-state index in [1.807, 2.05) is 0 Å². The Bertz CT molecular complexity index is 244. The van der Waals surface area contributed by atoms with Crippen LogP contribution >= 0.6 is 0 Å². The molecule has 0 aromatic carbocycles. The second kappa shape index (κ2) is 5.08. The Balaban J connectivity index is 5.03. The monoisotopic (exact) mass is 103 g/mol. The number of rotatable bonds is 3. The normalized spacial score (nSPS) is 24.3. The van der Waals surface area contributed by atoms with Crippen LogP contribution in [0.1, 0.15) is 13.2 Å². The van der Waals surface area contributed by atoms with Crippen LogP contribution in [0.5, 0.6) is 0 Å². The summed E-state index contributed by atoms with van der Waals surface area (Å²) < 4.78 is 33.6. The molecule has 0 radical (unpaired) electrons. The largest absolute Gasteiger partial charge is 0.303 e. The van der Waals surface area contributed by atoms with Crippen molar-refractivity contribution in [3.05, 3.63) is 12.1 Å². The third kappa shape index (κ3) is 5.08. The van der Waals surface area contributed by atoms with Crippen molar-refractivity contribution in [2.24, 2.45) is 0 Å². The van der Waals surface area contributed by atoms with Crippen molar-refractivity contribution < 1.29 is 16.4 Å².